The van der Waals surface area contributed by atoms with Crippen LogP contribution in [0.25, 0.3) is 27.8 Å². The van der Waals surface area contributed by atoms with Crippen molar-refractivity contribution in [3.05, 3.63) is 54.7 Å². The van der Waals surface area contributed by atoms with Gasteiger partial charge in [0.1, 0.15) is 11.9 Å². The molecular formula is C30H30N8O. The zero-order valence-electron chi connectivity index (χ0n) is 22.3. The lowest BCUT2D eigenvalue weighted by atomic mass is 9.74. The minimum atomic E-state index is -0.338. The Hall–Kier alpha value is -4.63. The van der Waals surface area contributed by atoms with Crippen molar-refractivity contribution in [2.75, 3.05) is 4.90 Å². The Morgan fingerprint density at radius 3 is 2.46 bits per heavy atom. The number of rotatable bonds is 5. The van der Waals surface area contributed by atoms with Crippen LogP contribution in [0.2, 0.25) is 0 Å². The molecule has 2 aliphatic rings. The van der Waals surface area contributed by atoms with Crippen LogP contribution in [0.4, 0.5) is 5.82 Å². The average Bonchev–Trinajstić information content (AvgIpc) is 3.63. The highest BCUT2D eigenvalue weighted by Gasteiger charge is 2.50. The van der Waals surface area contributed by atoms with Crippen LogP contribution in [0.3, 0.4) is 0 Å². The van der Waals surface area contributed by atoms with Gasteiger partial charge >= 0.3 is 0 Å². The highest BCUT2D eigenvalue weighted by Crippen LogP contribution is 2.46. The number of hydrogen-bond donors (Lipinski definition) is 1. The van der Waals surface area contributed by atoms with E-state index in [1.54, 1.807) is 15.4 Å². The van der Waals surface area contributed by atoms with Crippen LogP contribution < -0.4 is 10.2 Å². The van der Waals surface area contributed by atoms with Gasteiger partial charge in [0, 0.05) is 65.5 Å². The SMILES string of the molecule is C#CC(=O)NC1(C(C)C)CC2CCC(C1)N2c1ccc(-c2cc(-c3cnn(C)c3)cn3ncc(C#N)c23)cn1. The van der Waals surface area contributed by atoms with Gasteiger partial charge in [-0.25, -0.2) is 9.50 Å². The second-order valence-corrected chi connectivity index (χ2v) is 11.0. The minimum Gasteiger partial charge on any atom is -0.350 e. The maximum absolute atomic E-state index is 12.2. The molecule has 39 heavy (non-hydrogen) atoms. The maximum Gasteiger partial charge on any atom is 0.296 e. The fourth-order valence-corrected chi connectivity index (χ4v) is 6.49. The fraction of sp³-hybridized carbons (Fsp3) is 0.367. The normalized spacial score (nSPS) is 22.2. The van der Waals surface area contributed by atoms with E-state index in [2.05, 4.69) is 64.5 Å². The molecule has 196 valence electrons. The predicted octanol–water partition coefficient (Wildman–Crippen LogP) is 3.94. The van der Waals surface area contributed by atoms with Crippen molar-refractivity contribution in [3.8, 4) is 40.7 Å². The molecule has 4 aromatic heterocycles. The van der Waals surface area contributed by atoms with Crippen molar-refractivity contribution in [2.24, 2.45) is 13.0 Å². The van der Waals surface area contributed by atoms with Gasteiger partial charge in [0.05, 0.1) is 23.5 Å². The standard InChI is InChI=1S/C30H30N8O/c1-5-28(39)35-30(19(2)3)11-24-7-8-25(12-30)38(24)27-9-6-20(14-32-27)26-10-21(23-16-33-36(4)17-23)18-37-29(26)22(13-31)15-34-37/h1,6,9-10,14-19,24-25H,7-8,11-12H2,2-4H3,(H,35,39). The van der Waals surface area contributed by atoms with E-state index < -0.39 is 0 Å². The first-order chi connectivity index (χ1) is 18.8. The van der Waals surface area contributed by atoms with Gasteiger partial charge < -0.3 is 10.2 Å². The van der Waals surface area contributed by atoms with Crippen LogP contribution in [-0.4, -0.2) is 47.9 Å². The smallest absolute Gasteiger partial charge is 0.296 e. The summed E-state index contributed by atoms with van der Waals surface area (Å²) in [6.45, 7) is 4.32. The molecule has 0 saturated carbocycles. The highest BCUT2D eigenvalue weighted by atomic mass is 16.1. The lowest BCUT2D eigenvalue weighted by Crippen LogP contribution is -2.61. The molecule has 0 aromatic carbocycles. The Balaban J connectivity index is 1.34. The van der Waals surface area contributed by atoms with E-state index in [4.69, 9.17) is 11.4 Å². The zero-order valence-corrected chi connectivity index (χ0v) is 22.3. The van der Waals surface area contributed by atoms with E-state index in [9.17, 15) is 10.1 Å². The van der Waals surface area contributed by atoms with Crippen LogP contribution in [-0.2, 0) is 11.8 Å². The molecule has 9 heteroatoms. The van der Waals surface area contributed by atoms with Crippen molar-refractivity contribution in [2.45, 2.75) is 57.2 Å². The van der Waals surface area contributed by atoms with Crippen LogP contribution in [0.15, 0.2) is 49.2 Å². The van der Waals surface area contributed by atoms with Gasteiger partial charge in [-0.1, -0.05) is 13.8 Å². The molecule has 1 N–H and O–H groups in total. The van der Waals surface area contributed by atoms with E-state index >= 15 is 0 Å². The molecule has 2 fully saturated rings. The van der Waals surface area contributed by atoms with Crippen molar-refractivity contribution in [3.63, 3.8) is 0 Å². The second kappa shape index (κ2) is 9.28. The lowest BCUT2D eigenvalue weighted by Gasteiger charge is -2.49. The van der Waals surface area contributed by atoms with Crippen molar-refractivity contribution >= 4 is 17.2 Å². The summed E-state index contributed by atoms with van der Waals surface area (Å²) in [5.41, 5.74) is 4.68. The van der Waals surface area contributed by atoms with Gasteiger partial charge in [0.15, 0.2) is 0 Å². The molecule has 9 nitrogen and oxygen atoms in total. The van der Waals surface area contributed by atoms with Gasteiger partial charge in [-0.2, -0.15) is 15.5 Å². The van der Waals surface area contributed by atoms with Gasteiger partial charge in [-0.3, -0.25) is 9.48 Å². The first-order valence-electron chi connectivity index (χ1n) is 13.3. The number of nitrogens with one attached hydrogen (secondary N) is 1. The summed E-state index contributed by atoms with van der Waals surface area (Å²) in [7, 11) is 1.88. The van der Waals surface area contributed by atoms with Gasteiger partial charge in [-0.15, -0.1) is 6.42 Å². The van der Waals surface area contributed by atoms with E-state index in [0.29, 0.717) is 5.56 Å². The van der Waals surface area contributed by atoms with Gasteiger partial charge in [0.25, 0.3) is 5.91 Å². The number of aryl methyl sites for hydroxylation is 1. The number of nitrogens with zero attached hydrogens (tertiary/aromatic N) is 7. The van der Waals surface area contributed by atoms with Crippen LogP contribution in [0.1, 0.15) is 45.1 Å². The quantitative estimate of drug-likeness (QED) is 0.401. The Kier molecular flexibility index (Phi) is 5.88. The molecule has 2 atom stereocenters. The van der Waals surface area contributed by atoms with Crippen LogP contribution in [0, 0.1) is 29.6 Å². The number of fused-ring (bicyclic) bond motifs is 3. The number of carbonyl (C=O) groups is 1. The number of hydrogen-bond acceptors (Lipinski definition) is 6. The molecule has 2 aliphatic heterocycles. The van der Waals surface area contributed by atoms with E-state index in [1.807, 2.05) is 31.8 Å². The van der Waals surface area contributed by atoms with E-state index in [-0.39, 0.29) is 29.4 Å². The molecule has 6 rings (SSSR count). The highest BCUT2D eigenvalue weighted by molar-refractivity contribution is 5.93. The second-order valence-electron chi connectivity index (χ2n) is 11.0. The number of anilines is 1. The number of piperidine rings is 1. The zero-order chi connectivity index (χ0) is 27.3. The van der Waals surface area contributed by atoms with E-state index in [1.165, 1.54) is 0 Å². The summed E-state index contributed by atoms with van der Waals surface area (Å²) in [6, 6.07) is 9.04. The maximum atomic E-state index is 12.2. The summed E-state index contributed by atoms with van der Waals surface area (Å²) >= 11 is 0. The summed E-state index contributed by atoms with van der Waals surface area (Å²) in [6.07, 6.45) is 18.4. The topological polar surface area (TPSA) is 104 Å². The Morgan fingerprint density at radius 1 is 1.10 bits per heavy atom. The molecule has 4 aromatic rings. The third kappa shape index (κ3) is 4.11. The van der Waals surface area contributed by atoms with Crippen molar-refractivity contribution in [1.82, 2.24) is 29.7 Å². The molecular weight excluding hydrogens is 488 g/mol. The Morgan fingerprint density at radius 2 is 1.87 bits per heavy atom. The average molecular weight is 519 g/mol. The summed E-state index contributed by atoms with van der Waals surface area (Å²) in [5.74, 6) is 3.10. The van der Waals surface area contributed by atoms with E-state index in [0.717, 1.165) is 59.3 Å². The molecule has 2 saturated heterocycles. The third-order valence-corrected chi connectivity index (χ3v) is 8.51. The monoisotopic (exact) mass is 518 g/mol. The number of nitriles is 1. The lowest BCUT2D eigenvalue weighted by molar-refractivity contribution is -0.118. The largest absolute Gasteiger partial charge is 0.350 e. The number of carbonyl (C=O) groups excluding carboxylic acids is 1. The summed E-state index contributed by atoms with van der Waals surface area (Å²) in [5, 5.41) is 21.7. The van der Waals surface area contributed by atoms with Gasteiger partial charge in [0.2, 0.25) is 0 Å². The molecule has 2 unspecified atom stereocenters. The number of terminal acetylenes is 1. The molecule has 0 radical (unpaired) electrons. The predicted molar refractivity (Wildman–Crippen MR) is 148 cm³/mol. The van der Waals surface area contributed by atoms with Crippen LogP contribution >= 0.6 is 0 Å². The third-order valence-electron chi connectivity index (χ3n) is 8.51. The summed E-state index contributed by atoms with van der Waals surface area (Å²) in [4.78, 5) is 19.5. The van der Waals surface area contributed by atoms with Crippen molar-refractivity contribution in [1.29, 1.82) is 5.26 Å². The van der Waals surface area contributed by atoms with Crippen LogP contribution in [0.5, 0.6) is 0 Å². The fourth-order valence-electron chi connectivity index (χ4n) is 6.49. The first kappa shape index (κ1) is 24.7. The number of pyridine rings is 2. The molecule has 1 amide bonds. The molecule has 0 spiro atoms. The van der Waals surface area contributed by atoms with Gasteiger partial charge in [-0.05, 0) is 55.7 Å². The Labute approximate surface area is 227 Å². The number of aromatic nitrogens is 5. The number of amides is 1. The molecule has 2 bridgehead atoms. The Bertz CT molecular complexity index is 1630. The molecule has 6 heterocycles. The minimum absolute atomic E-state index is 0.273. The summed E-state index contributed by atoms with van der Waals surface area (Å²) < 4.78 is 3.52. The molecule has 0 aliphatic carbocycles. The first-order valence-corrected chi connectivity index (χ1v) is 13.3. The van der Waals surface area contributed by atoms with Crippen molar-refractivity contribution < 1.29 is 4.79 Å².